The van der Waals surface area contributed by atoms with Crippen LogP contribution >= 0.6 is 11.8 Å². The highest BCUT2D eigenvalue weighted by Gasteiger charge is 2.33. The highest BCUT2D eigenvalue weighted by atomic mass is 32.2. The third-order valence-electron chi connectivity index (χ3n) is 4.04. The van der Waals surface area contributed by atoms with Crippen LogP contribution in [0.5, 0.6) is 0 Å². The van der Waals surface area contributed by atoms with Crippen LogP contribution in [0.15, 0.2) is 0 Å². The zero-order valence-corrected chi connectivity index (χ0v) is 19.4. The summed E-state index contributed by atoms with van der Waals surface area (Å²) in [5.74, 6) is 1.01. The molecular formula is C20H37N3O4S. The maximum atomic E-state index is 12.7. The third-order valence-corrected chi connectivity index (χ3v) is 5.32. The van der Waals surface area contributed by atoms with Crippen molar-refractivity contribution in [2.75, 3.05) is 12.3 Å². The van der Waals surface area contributed by atoms with E-state index in [1.807, 2.05) is 20.8 Å². The average molecular weight is 416 g/mol. The molecule has 2 N–H and O–H groups in total. The summed E-state index contributed by atoms with van der Waals surface area (Å²) in [5.41, 5.74) is -1.17. The molecule has 0 spiro atoms. The number of thioether (sulfide) groups is 1. The lowest BCUT2D eigenvalue weighted by Crippen LogP contribution is -2.53. The van der Waals surface area contributed by atoms with Crippen molar-refractivity contribution in [3.05, 3.63) is 0 Å². The molecule has 1 aliphatic rings. The van der Waals surface area contributed by atoms with Gasteiger partial charge in [0, 0.05) is 17.3 Å². The average Bonchev–Trinajstić information content (AvgIpc) is 2.44. The molecule has 1 aliphatic heterocycles. The fourth-order valence-electron chi connectivity index (χ4n) is 2.71. The first-order valence-corrected chi connectivity index (χ1v) is 10.9. The van der Waals surface area contributed by atoms with Gasteiger partial charge in [-0.3, -0.25) is 14.5 Å². The second-order valence-electron chi connectivity index (χ2n) is 9.72. The van der Waals surface area contributed by atoms with E-state index in [1.54, 1.807) is 32.5 Å². The smallest absolute Gasteiger partial charge is 0.411 e. The Morgan fingerprint density at radius 1 is 1.25 bits per heavy atom. The zero-order valence-electron chi connectivity index (χ0n) is 18.5. The molecule has 162 valence electrons. The van der Waals surface area contributed by atoms with E-state index in [9.17, 15) is 14.4 Å². The lowest BCUT2D eigenvalue weighted by molar-refractivity contribution is -0.126. The minimum Gasteiger partial charge on any atom is -0.444 e. The molecule has 1 rings (SSSR count). The summed E-state index contributed by atoms with van der Waals surface area (Å²) < 4.78 is 5.47. The minimum absolute atomic E-state index is 0.0181. The van der Waals surface area contributed by atoms with Gasteiger partial charge in [-0.05, 0) is 53.9 Å². The lowest BCUT2D eigenvalue weighted by Gasteiger charge is -2.36. The number of nitrogens with one attached hydrogen (secondary N) is 2. The lowest BCUT2D eigenvalue weighted by atomic mass is 10.0. The zero-order chi connectivity index (χ0) is 21.7. The first-order valence-electron chi connectivity index (χ1n) is 9.88. The van der Waals surface area contributed by atoms with Crippen LogP contribution in [0.1, 0.15) is 68.2 Å². The van der Waals surface area contributed by atoms with Crippen molar-refractivity contribution in [1.29, 1.82) is 0 Å². The molecule has 3 amide bonds. The Labute approximate surface area is 173 Å². The van der Waals surface area contributed by atoms with Crippen LogP contribution in [0, 0.1) is 5.92 Å². The second-order valence-corrected chi connectivity index (χ2v) is 11.0. The number of β-lactam (4-membered cyclic amide) rings is 1. The Morgan fingerprint density at radius 3 is 2.25 bits per heavy atom. The molecule has 0 aromatic heterocycles. The molecule has 8 heteroatoms. The maximum absolute atomic E-state index is 12.7. The van der Waals surface area contributed by atoms with Crippen LogP contribution in [0.4, 0.5) is 4.79 Å². The summed E-state index contributed by atoms with van der Waals surface area (Å²) in [7, 11) is 0. The van der Waals surface area contributed by atoms with Gasteiger partial charge in [-0.15, -0.1) is 11.8 Å². The van der Waals surface area contributed by atoms with Crippen LogP contribution in [0.25, 0.3) is 0 Å². The van der Waals surface area contributed by atoms with Gasteiger partial charge in [0.1, 0.15) is 12.1 Å². The molecule has 0 bridgehead atoms. The predicted molar refractivity (Wildman–Crippen MR) is 113 cm³/mol. The topological polar surface area (TPSA) is 87.7 Å². The Morgan fingerprint density at radius 2 is 1.82 bits per heavy atom. The van der Waals surface area contributed by atoms with Crippen molar-refractivity contribution in [3.8, 4) is 0 Å². The molecule has 0 saturated carbocycles. The summed E-state index contributed by atoms with van der Waals surface area (Å²) in [5, 5.41) is 6.03. The first-order chi connectivity index (χ1) is 12.7. The molecule has 1 unspecified atom stereocenters. The van der Waals surface area contributed by atoms with Crippen molar-refractivity contribution in [2.24, 2.45) is 5.92 Å². The Kier molecular flexibility index (Phi) is 8.65. The van der Waals surface area contributed by atoms with Crippen LogP contribution in [-0.2, 0) is 14.3 Å². The number of rotatable bonds is 8. The standard InChI is InChI=1S/C20H37N3O4S/c1-13(2)9-14(12-28-17-10-15(24)22-17)21-16(25)11-23(19(3,4)5)18(26)27-20(6,7)8/h13-14,17H,9-12H2,1-8H3,(H,21,25)(H,22,24)/t14-,17?/m0/s1. The van der Waals surface area contributed by atoms with E-state index in [2.05, 4.69) is 24.5 Å². The van der Waals surface area contributed by atoms with Crippen molar-refractivity contribution in [3.63, 3.8) is 0 Å². The van der Waals surface area contributed by atoms with Crippen molar-refractivity contribution < 1.29 is 19.1 Å². The molecule has 1 fully saturated rings. The van der Waals surface area contributed by atoms with Crippen LogP contribution in [0.3, 0.4) is 0 Å². The minimum atomic E-state index is -0.624. The molecule has 0 aromatic carbocycles. The summed E-state index contributed by atoms with van der Waals surface area (Å²) in [6.45, 7) is 15.2. The van der Waals surface area contributed by atoms with E-state index in [0.717, 1.165) is 12.2 Å². The predicted octanol–water partition coefficient (Wildman–Crippen LogP) is 3.13. The summed E-state index contributed by atoms with van der Waals surface area (Å²) in [4.78, 5) is 37.8. The van der Waals surface area contributed by atoms with Gasteiger partial charge in [0.05, 0.1) is 11.8 Å². The highest BCUT2D eigenvalue weighted by molar-refractivity contribution is 8.00. The maximum Gasteiger partial charge on any atom is 0.411 e. The molecule has 0 radical (unpaired) electrons. The fraction of sp³-hybridized carbons (Fsp3) is 0.850. The number of amides is 3. The van der Waals surface area contributed by atoms with Crippen molar-refractivity contribution in [2.45, 2.75) is 90.8 Å². The number of hydrogen-bond donors (Lipinski definition) is 2. The molecular weight excluding hydrogens is 378 g/mol. The van der Waals surface area contributed by atoms with Gasteiger partial charge in [-0.1, -0.05) is 13.8 Å². The van der Waals surface area contributed by atoms with Crippen LogP contribution in [-0.4, -0.2) is 57.7 Å². The third kappa shape index (κ3) is 9.17. The summed E-state index contributed by atoms with van der Waals surface area (Å²) in [6.07, 6.45) is 0.868. The van der Waals surface area contributed by atoms with Gasteiger partial charge in [0.25, 0.3) is 0 Å². The van der Waals surface area contributed by atoms with Gasteiger partial charge < -0.3 is 15.4 Å². The molecule has 2 atom stereocenters. The number of ether oxygens (including phenoxy) is 1. The van der Waals surface area contributed by atoms with E-state index in [4.69, 9.17) is 4.74 Å². The van der Waals surface area contributed by atoms with Crippen molar-refractivity contribution in [1.82, 2.24) is 15.5 Å². The number of carbonyl (C=O) groups is 3. The monoisotopic (exact) mass is 415 g/mol. The summed E-state index contributed by atoms with van der Waals surface area (Å²) >= 11 is 1.65. The van der Waals surface area contributed by atoms with Crippen LogP contribution < -0.4 is 10.6 Å². The van der Waals surface area contributed by atoms with E-state index in [-0.39, 0.29) is 29.8 Å². The van der Waals surface area contributed by atoms with Gasteiger partial charge >= 0.3 is 6.09 Å². The summed E-state index contributed by atoms with van der Waals surface area (Å²) in [6, 6.07) is -0.0181. The molecule has 1 heterocycles. The second kappa shape index (κ2) is 9.85. The molecule has 7 nitrogen and oxygen atoms in total. The first kappa shape index (κ1) is 24.6. The quantitative estimate of drug-likeness (QED) is 0.595. The van der Waals surface area contributed by atoms with Gasteiger partial charge in [0.15, 0.2) is 0 Å². The van der Waals surface area contributed by atoms with E-state index in [1.165, 1.54) is 4.90 Å². The molecule has 0 aliphatic carbocycles. The van der Waals surface area contributed by atoms with E-state index < -0.39 is 17.2 Å². The Bertz CT molecular complexity index is 559. The van der Waals surface area contributed by atoms with E-state index in [0.29, 0.717) is 12.3 Å². The highest BCUT2D eigenvalue weighted by Crippen LogP contribution is 2.22. The normalized spacial score (nSPS) is 18.2. The van der Waals surface area contributed by atoms with Gasteiger partial charge in [0.2, 0.25) is 11.8 Å². The van der Waals surface area contributed by atoms with Gasteiger partial charge in [-0.25, -0.2) is 4.79 Å². The molecule has 1 saturated heterocycles. The number of hydrogen-bond acceptors (Lipinski definition) is 5. The fourth-order valence-corrected chi connectivity index (χ4v) is 3.87. The Hall–Kier alpha value is -1.44. The van der Waals surface area contributed by atoms with Gasteiger partial charge in [-0.2, -0.15) is 0 Å². The largest absolute Gasteiger partial charge is 0.444 e. The Balaban J connectivity index is 2.69. The SMILES string of the molecule is CC(C)C[C@@H](CSC1CC(=O)N1)NC(=O)CN(C(=O)OC(C)(C)C)C(C)(C)C. The number of nitrogens with zero attached hydrogens (tertiary/aromatic N) is 1. The molecule has 28 heavy (non-hydrogen) atoms. The van der Waals surface area contributed by atoms with Crippen molar-refractivity contribution >= 4 is 29.7 Å². The number of carbonyl (C=O) groups excluding carboxylic acids is 3. The van der Waals surface area contributed by atoms with E-state index >= 15 is 0 Å². The van der Waals surface area contributed by atoms with Crippen LogP contribution in [0.2, 0.25) is 0 Å². The molecule has 0 aromatic rings.